The number of ether oxygens (including phenoxy) is 1. The number of nitrogens with one attached hydrogen (secondary N) is 1. The third kappa shape index (κ3) is 5.77. The van der Waals surface area contributed by atoms with Crippen LogP contribution >= 0.6 is 11.8 Å². The normalized spacial score (nSPS) is 22.0. The van der Waals surface area contributed by atoms with Crippen LogP contribution in [0.2, 0.25) is 0 Å². The van der Waals surface area contributed by atoms with E-state index in [0.29, 0.717) is 25.6 Å². The van der Waals surface area contributed by atoms with Crippen molar-refractivity contribution in [1.29, 1.82) is 0 Å². The van der Waals surface area contributed by atoms with Crippen molar-refractivity contribution in [2.45, 2.75) is 25.9 Å². The molecular formula is C13H24N2O4S2. The molecule has 1 saturated heterocycles. The highest BCUT2D eigenvalue weighted by Gasteiger charge is 2.25. The maximum absolute atomic E-state index is 12.1. The van der Waals surface area contributed by atoms with Gasteiger partial charge in [0.05, 0.1) is 12.4 Å². The van der Waals surface area contributed by atoms with E-state index >= 15 is 0 Å². The summed E-state index contributed by atoms with van der Waals surface area (Å²) in [6.45, 7) is 3.61. The molecule has 2 aliphatic rings. The highest BCUT2D eigenvalue weighted by atomic mass is 32.2. The van der Waals surface area contributed by atoms with Crippen molar-refractivity contribution in [3.8, 4) is 0 Å². The minimum Gasteiger partial charge on any atom is -0.368 e. The number of hydrogen-bond acceptors (Lipinski definition) is 5. The Labute approximate surface area is 131 Å². The quantitative estimate of drug-likeness (QED) is 0.690. The van der Waals surface area contributed by atoms with E-state index in [1.807, 2.05) is 0 Å². The van der Waals surface area contributed by atoms with Crippen molar-refractivity contribution in [3.63, 3.8) is 0 Å². The second kappa shape index (κ2) is 7.80. The summed E-state index contributed by atoms with van der Waals surface area (Å²) in [5.74, 6) is 2.02. The number of amides is 1. The first-order chi connectivity index (χ1) is 9.99. The number of carbonyl (C=O) groups excluding carboxylic acids is 1. The van der Waals surface area contributed by atoms with Crippen LogP contribution in [-0.2, 0) is 19.6 Å². The lowest BCUT2D eigenvalue weighted by molar-refractivity contribution is -0.131. The number of carbonyl (C=O) groups is 1. The van der Waals surface area contributed by atoms with Crippen LogP contribution in [0.5, 0.6) is 0 Å². The van der Waals surface area contributed by atoms with Crippen molar-refractivity contribution in [1.82, 2.24) is 9.62 Å². The summed E-state index contributed by atoms with van der Waals surface area (Å²) >= 11 is 1.77. The third-order valence-corrected chi connectivity index (χ3v) is 6.49. The van der Waals surface area contributed by atoms with Gasteiger partial charge in [-0.05, 0) is 25.7 Å². The first kappa shape index (κ1) is 17.1. The van der Waals surface area contributed by atoms with Crippen molar-refractivity contribution in [2.75, 3.05) is 43.5 Å². The zero-order valence-corrected chi connectivity index (χ0v) is 14.0. The van der Waals surface area contributed by atoms with Crippen LogP contribution in [0, 0.1) is 5.92 Å². The molecule has 0 radical (unpaired) electrons. The topological polar surface area (TPSA) is 75.7 Å². The second-order valence-electron chi connectivity index (χ2n) is 5.54. The molecule has 0 spiro atoms. The van der Waals surface area contributed by atoms with Crippen LogP contribution in [0.4, 0.5) is 0 Å². The summed E-state index contributed by atoms with van der Waals surface area (Å²) in [6, 6.07) is 0. The summed E-state index contributed by atoms with van der Waals surface area (Å²) in [4.78, 5) is 11.8. The van der Waals surface area contributed by atoms with Crippen molar-refractivity contribution in [3.05, 3.63) is 0 Å². The second-order valence-corrected chi connectivity index (χ2v) is 8.85. The maximum atomic E-state index is 12.1. The van der Waals surface area contributed by atoms with Gasteiger partial charge in [-0.1, -0.05) is 0 Å². The van der Waals surface area contributed by atoms with Gasteiger partial charge in [0.15, 0.2) is 0 Å². The van der Waals surface area contributed by atoms with Gasteiger partial charge < -0.3 is 10.1 Å². The van der Waals surface area contributed by atoms with Gasteiger partial charge in [-0.15, -0.1) is 0 Å². The van der Waals surface area contributed by atoms with E-state index in [1.54, 1.807) is 18.7 Å². The largest absolute Gasteiger partial charge is 0.368 e. The fourth-order valence-corrected chi connectivity index (χ4v) is 4.53. The van der Waals surface area contributed by atoms with Gasteiger partial charge in [-0.2, -0.15) is 11.8 Å². The molecule has 122 valence electrons. The van der Waals surface area contributed by atoms with E-state index in [0.717, 1.165) is 11.5 Å². The smallest absolute Gasteiger partial charge is 0.248 e. The molecule has 1 heterocycles. The molecule has 1 aliphatic carbocycles. The SMILES string of the molecule is C[C@H](OCC1CC1)C(=O)NCCS(=O)(=O)N1CCSCC1. The monoisotopic (exact) mass is 336 g/mol. The molecule has 1 N–H and O–H groups in total. The van der Waals surface area contributed by atoms with Gasteiger partial charge in [0, 0.05) is 31.1 Å². The van der Waals surface area contributed by atoms with Gasteiger partial charge in [0.2, 0.25) is 15.9 Å². The molecule has 1 saturated carbocycles. The molecule has 21 heavy (non-hydrogen) atoms. The number of sulfonamides is 1. The first-order valence-electron chi connectivity index (χ1n) is 7.44. The van der Waals surface area contributed by atoms with Crippen LogP contribution in [0.25, 0.3) is 0 Å². The van der Waals surface area contributed by atoms with E-state index in [-0.39, 0.29) is 18.2 Å². The summed E-state index contributed by atoms with van der Waals surface area (Å²) < 4.78 is 31.2. The highest BCUT2D eigenvalue weighted by Crippen LogP contribution is 2.29. The Morgan fingerprint density at radius 2 is 2.05 bits per heavy atom. The van der Waals surface area contributed by atoms with E-state index < -0.39 is 16.1 Å². The minimum absolute atomic E-state index is 0.0429. The van der Waals surface area contributed by atoms with Crippen LogP contribution in [0.15, 0.2) is 0 Å². The predicted octanol–water partition coefficient (Wildman–Crippen LogP) is 0.296. The predicted molar refractivity (Wildman–Crippen MR) is 83.8 cm³/mol. The number of nitrogens with zero attached hydrogens (tertiary/aromatic N) is 1. The third-order valence-electron chi connectivity index (χ3n) is 3.67. The van der Waals surface area contributed by atoms with Crippen LogP contribution in [0.3, 0.4) is 0 Å². The Morgan fingerprint density at radius 1 is 1.38 bits per heavy atom. The lowest BCUT2D eigenvalue weighted by Gasteiger charge is -2.25. The molecule has 1 amide bonds. The molecule has 0 aromatic heterocycles. The molecule has 6 nitrogen and oxygen atoms in total. The molecule has 8 heteroatoms. The zero-order valence-electron chi connectivity index (χ0n) is 12.4. The number of thioether (sulfide) groups is 1. The summed E-state index contributed by atoms with van der Waals surface area (Å²) in [5, 5.41) is 2.65. The molecule has 0 unspecified atom stereocenters. The van der Waals surface area contributed by atoms with Crippen LogP contribution in [-0.4, -0.2) is 68.2 Å². The molecule has 0 bridgehead atoms. The Morgan fingerprint density at radius 3 is 2.67 bits per heavy atom. The maximum Gasteiger partial charge on any atom is 0.248 e. The van der Waals surface area contributed by atoms with Crippen molar-refractivity contribution >= 4 is 27.7 Å². The van der Waals surface area contributed by atoms with E-state index in [1.165, 1.54) is 17.1 Å². The van der Waals surface area contributed by atoms with Gasteiger partial charge >= 0.3 is 0 Å². The summed E-state index contributed by atoms with van der Waals surface area (Å²) in [5.41, 5.74) is 0. The minimum atomic E-state index is -3.26. The molecule has 0 aromatic rings. The Bertz CT molecular complexity index is 445. The fourth-order valence-electron chi connectivity index (χ4n) is 2.04. The van der Waals surface area contributed by atoms with Crippen molar-refractivity contribution < 1.29 is 17.9 Å². The lowest BCUT2D eigenvalue weighted by Crippen LogP contribution is -2.43. The Hall–Kier alpha value is -0.310. The van der Waals surface area contributed by atoms with E-state index in [9.17, 15) is 13.2 Å². The Balaban J connectivity index is 1.65. The fraction of sp³-hybridized carbons (Fsp3) is 0.923. The number of hydrogen-bond donors (Lipinski definition) is 1. The van der Waals surface area contributed by atoms with Crippen molar-refractivity contribution in [2.24, 2.45) is 5.92 Å². The molecule has 2 fully saturated rings. The average molecular weight is 336 g/mol. The standard InChI is InChI=1S/C13H24N2O4S2/c1-11(19-10-12-2-3-12)13(16)14-4-9-21(17,18)15-5-7-20-8-6-15/h11-12H,2-10H2,1H3,(H,14,16)/t11-/m0/s1. The molecule has 1 aliphatic heterocycles. The molecular weight excluding hydrogens is 312 g/mol. The first-order valence-corrected chi connectivity index (χ1v) is 10.2. The zero-order chi connectivity index (χ0) is 15.3. The summed E-state index contributed by atoms with van der Waals surface area (Å²) in [6.07, 6.45) is 1.85. The van der Waals surface area contributed by atoms with Crippen LogP contribution in [0.1, 0.15) is 19.8 Å². The van der Waals surface area contributed by atoms with Gasteiger partial charge in [0.1, 0.15) is 6.10 Å². The van der Waals surface area contributed by atoms with Gasteiger partial charge in [0.25, 0.3) is 0 Å². The van der Waals surface area contributed by atoms with E-state index in [2.05, 4.69) is 5.32 Å². The van der Waals surface area contributed by atoms with E-state index in [4.69, 9.17) is 4.74 Å². The van der Waals surface area contributed by atoms with Gasteiger partial charge in [-0.25, -0.2) is 12.7 Å². The average Bonchev–Trinajstić information content (AvgIpc) is 3.29. The van der Waals surface area contributed by atoms with Crippen LogP contribution < -0.4 is 5.32 Å². The number of rotatable bonds is 8. The summed E-state index contributed by atoms with van der Waals surface area (Å²) in [7, 11) is -3.26. The molecule has 0 aromatic carbocycles. The molecule has 2 rings (SSSR count). The van der Waals surface area contributed by atoms with Gasteiger partial charge in [-0.3, -0.25) is 4.79 Å². The highest BCUT2D eigenvalue weighted by molar-refractivity contribution is 7.99. The molecule has 1 atom stereocenters. The lowest BCUT2D eigenvalue weighted by atomic mass is 10.3. The Kier molecular flexibility index (Phi) is 6.34.